The van der Waals surface area contributed by atoms with Crippen LogP contribution in [0.2, 0.25) is 0 Å². The summed E-state index contributed by atoms with van der Waals surface area (Å²) in [5.41, 5.74) is 1.73. The van der Waals surface area contributed by atoms with Gasteiger partial charge < -0.3 is 15.7 Å². The van der Waals surface area contributed by atoms with Crippen molar-refractivity contribution in [3.8, 4) is 0 Å². The van der Waals surface area contributed by atoms with Gasteiger partial charge in [-0.2, -0.15) is 0 Å². The molecule has 0 aromatic heterocycles. The SMILES string of the molecule is O=C(NCCc1ccccc1)Nc1cccc(C(=O)O)c1. The number of benzene rings is 2. The molecule has 0 spiro atoms. The molecule has 0 aliphatic heterocycles. The zero-order chi connectivity index (χ0) is 15.1. The number of carboxylic acid groups (broad SMARTS) is 1. The summed E-state index contributed by atoms with van der Waals surface area (Å²) < 4.78 is 0. The van der Waals surface area contributed by atoms with Gasteiger partial charge in [-0.1, -0.05) is 36.4 Å². The highest BCUT2D eigenvalue weighted by molar-refractivity contribution is 5.93. The van der Waals surface area contributed by atoms with E-state index in [4.69, 9.17) is 5.11 Å². The maximum Gasteiger partial charge on any atom is 0.335 e. The first kappa shape index (κ1) is 14.6. The third-order valence-corrected chi connectivity index (χ3v) is 2.91. The molecule has 0 unspecified atom stereocenters. The van der Waals surface area contributed by atoms with Crippen LogP contribution in [-0.4, -0.2) is 23.7 Å². The molecule has 108 valence electrons. The molecule has 2 amide bonds. The molecule has 0 saturated heterocycles. The summed E-state index contributed by atoms with van der Waals surface area (Å²) in [5, 5.41) is 14.2. The summed E-state index contributed by atoms with van der Waals surface area (Å²) in [5.74, 6) is -1.02. The van der Waals surface area contributed by atoms with Crippen LogP contribution in [0.4, 0.5) is 10.5 Å². The van der Waals surface area contributed by atoms with Gasteiger partial charge in [0.2, 0.25) is 0 Å². The fourth-order valence-corrected chi connectivity index (χ4v) is 1.87. The van der Waals surface area contributed by atoms with Crippen molar-refractivity contribution in [3.05, 3.63) is 65.7 Å². The van der Waals surface area contributed by atoms with E-state index in [1.165, 1.54) is 12.1 Å². The van der Waals surface area contributed by atoms with Crippen molar-refractivity contribution in [3.63, 3.8) is 0 Å². The molecule has 0 radical (unpaired) electrons. The minimum absolute atomic E-state index is 0.136. The monoisotopic (exact) mass is 284 g/mol. The Hall–Kier alpha value is -2.82. The molecule has 2 aromatic carbocycles. The quantitative estimate of drug-likeness (QED) is 0.790. The van der Waals surface area contributed by atoms with Crippen molar-refractivity contribution < 1.29 is 14.7 Å². The number of hydrogen-bond donors (Lipinski definition) is 3. The second kappa shape index (κ2) is 7.09. The maximum absolute atomic E-state index is 11.7. The molecule has 0 fully saturated rings. The number of hydrogen-bond acceptors (Lipinski definition) is 2. The Morgan fingerprint density at radius 3 is 2.48 bits per heavy atom. The Bertz CT molecular complexity index is 626. The lowest BCUT2D eigenvalue weighted by Crippen LogP contribution is -2.30. The zero-order valence-electron chi connectivity index (χ0n) is 11.4. The van der Waals surface area contributed by atoms with E-state index in [-0.39, 0.29) is 11.6 Å². The second-order valence-electron chi connectivity index (χ2n) is 4.50. The van der Waals surface area contributed by atoms with Crippen molar-refractivity contribution in [2.45, 2.75) is 6.42 Å². The van der Waals surface area contributed by atoms with Gasteiger partial charge in [-0.3, -0.25) is 0 Å². The fraction of sp³-hybridized carbons (Fsp3) is 0.125. The molecule has 5 heteroatoms. The highest BCUT2D eigenvalue weighted by atomic mass is 16.4. The lowest BCUT2D eigenvalue weighted by molar-refractivity contribution is 0.0697. The van der Waals surface area contributed by atoms with Gasteiger partial charge in [0.15, 0.2) is 0 Å². The summed E-state index contributed by atoms with van der Waals surface area (Å²) in [6.07, 6.45) is 0.740. The van der Waals surface area contributed by atoms with Gasteiger partial charge in [-0.25, -0.2) is 9.59 Å². The van der Waals surface area contributed by atoms with E-state index >= 15 is 0 Å². The number of carbonyl (C=O) groups excluding carboxylic acids is 1. The summed E-state index contributed by atoms with van der Waals surface area (Å²) in [6, 6.07) is 15.6. The van der Waals surface area contributed by atoms with Gasteiger partial charge in [0.25, 0.3) is 0 Å². The summed E-state index contributed by atoms with van der Waals surface area (Å²) in [4.78, 5) is 22.6. The predicted molar refractivity (Wildman–Crippen MR) is 80.6 cm³/mol. The number of aromatic carboxylic acids is 1. The molecule has 2 aromatic rings. The number of nitrogens with one attached hydrogen (secondary N) is 2. The van der Waals surface area contributed by atoms with Crippen molar-refractivity contribution in [1.82, 2.24) is 5.32 Å². The molecular formula is C16H16N2O3. The van der Waals surface area contributed by atoms with E-state index in [1.54, 1.807) is 12.1 Å². The molecule has 0 bridgehead atoms. The number of carbonyl (C=O) groups is 2. The summed E-state index contributed by atoms with van der Waals surface area (Å²) in [7, 11) is 0. The van der Waals surface area contributed by atoms with Crippen LogP contribution in [0.25, 0.3) is 0 Å². The maximum atomic E-state index is 11.7. The van der Waals surface area contributed by atoms with Crippen LogP contribution in [-0.2, 0) is 6.42 Å². The average Bonchev–Trinajstić information content (AvgIpc) is 2.48. The molecule has 5 nitrogen and oxygen atoms in total. The standard InChI is InChI=1S/C16H16N2O3/c19-15(20)13-7-4-8-14(11-13)18-16(21)17-10-9-12-5-2-1-3-6-12/h1-8,11H,9-10H2,(H,19,20)(H2,17,18,21). The first-order valence-corrected chi connectivity index (χ1v) is 6.57. The van der Waals surface area contributed by atoms with Gasteiger partial charge >= 0.3 is 12.0 Å². The Morgan fingerprint density at radius 1 is 1.00 bits per heavy atom. The minimum Gasteiger partial charge on any atom is -0.478 e. The molecule has 0 aliphatic carbocycles. The molecule has 0 atom stereocenters. The van der Waals surface area contributed by atoms with Gasteiger partial charge in [0, 0.05) is 12.2 Å². The van der Waals surface area contributed by atoms with E-state index < -0.39 is 5.97 Å². The van der Waals surface area contributed by atoms with Gasteiger partial charge in [0.1, 0.15) is 0 Å². The summed E-state index contributed by atoms with van der Waals surface area (Å²) in [6.45, 7) is 0.508. The van der Waals surface area contributed by atoms with Crippen molar-refractivity contribution in [2.75, 3.05) is 11.9 Å². The molecule has 21 heavy (non-hydrogen) atoms. The normalized spacial score (nSPS) is 9.90. The van der Waals surface area contributed by atoms with Crippen LogP contribution in [0.3, 0.4) is 0 Å². The molecule has 0 aliphatic rings. The van der Waals surface area contributed by atoms with Crippen LogP contribution >= 0.6 is 0 Å². The Labute approximate surface area is 122 Å². The molecule has 0 heterocycles. The molecular weight excluding hydrogens is 268 g/mol. The Balaban J connectivity index is 1.82. The van der Waals surface area contributed by atoms with E-state index in [0.717, 1.165) is 12.0 Å². The first-order valence-electron chi connectivity index (χ1n) is 6.57. The van der Waals surface area contributed by atoms with Gasteiger partial charge in [-0.15, -0.1) is 0 Å². The average molecular weight is 284 g/mol. The molecule has 0 saturated carbocycles. The predicted octanol–water partition coefficient (Wildman–Crippen LogP) is 2.75. The van der Waals surface area contributed by atoms with Crippen LogP contribution in [0.1, 0.15) is 15.9 Å². The van der Waals surface area contributed by atoms with Crippen LogP contribution in [0, 0.1) is 0 Å². The van der Waals surface area contributed by atoms with Crippen molar-refractivity contribution in [2.24, 2.45) is 0 Å². The van der Waals surface area contributed by atoms with E-state index in [2.05, 4.69) is 10.6 Å². The first-order chi connectivity index (χ1) is 10.1. The largest absolute Gasteiger partial charge is 0.478 e. The van der Waals surface area contributed by atoms with Crippen molar-refractivity contribution in [1.29, 1.82) is 0 Å². The topological polar surface area (TPSA) is 78.4 Å². The zero-order valence-corrected chi connectivity index (χ0v) is 11.4. The number of carboxylic acids is 1. The van der Waals surface area contributed by atoms with Crippen LogP contribution in [0.15, 0.2) is 54.6 Å². The third kappa shape index (κ3) is 4.65. The van der Waals surface area contributed by atoms with E-state index in [9.17, 15) is 9.59 Å². The Morgan fingerprint density at radius 2 is 1.76 bits per heavy atom. The van der Waals surface area contributed by atoms with Gasteiger partial charge in [-0.05, 0) is 30.2 Å². The lowest BCUT2D eigenvalue weighted by Gasteiger charge is -2.08. The second-order valence-corrected chi connectivity index (χ2v) is 4.50. The smallest absolute Gasteiger partial charge is 0.335 e. The van der Waals surface area contributed by atoms with Crippen LogP contribution < -0.4 is 10.6 Å². The van der Waals surface area contributed by atoms with Gasteiger partial charge in [0.05, 0.1) is 5.56 Å². The summed E-state index contributed by atoms with van der Waals surface area (Å²) >= 11 is 0. The molecule has 3 N–H and O–H groups in total. The third-order valence-electron chi connectivity index (χ3n) is 2.91. The number of anilines is 1. The molecule has 2 rings (SSSR count). The fourth-order valence-electron chi connectivity index (χ4n) is 1.87. The highest BCUT2D eigenvalue weighted by Crippen LogP contribution is 2.10. The number of rotatable bonds is 5. The van der Waals surface area contributed by atoms with E-state index in [1.807, 2.05) is 30.3 Å². The van der Waals surface area contributed by atoms with Crippen molar-refractivity contribution >= 4 is 17.7 Å². The number of amides is 2. The van der Waals surface area contributed by atoms with Crippen LogP contribution in [0.5, 0.6) is 0 Å². The van der Waals surface area contributed by atoms with E-state index in [0.29, 0.717) is 12.2 Å². The highest BCUT2D eigenvalue weighted by Gasteiger charge is 2.05. The lowest BCUT2D eigenvalue weighted by atomic mass is 10.1. The Kier molecular flexibility index (Phi) is 4.93. The number of urea groups is 1. The minimum atomic E-state index is -1.02.